The second-order valence-electron chi connectivity index (χ2n) is 5.43. The van der Waals surface area contributed by atoms with Gasteiger partial charge in [0.25, 0.3) is 5.91 Å². The molecule has 0 aliphatic carbocycles. The minimum atomic E-state index is -0.0927. The number of carbonyl (C=O) groups is 1. The van der Waals surface area contributed by atoms with Gasteiger partial charge < -0.3 is 9.64 Å². The molecular formula is C20H22N2O2. The van der Waals surface area contributed by atoms with Crippen LogP contribution in [0.3, 0.4) is 0 Å². The van der Waals surface area contributed by atoms with Crippen LogP contribution in [0.4, 0.5) is 0 Å². The summed E-state index contributed by atoms with van der Waals surface area (Å²) in [4.78, 5) is 14.8. The molecule has 0 aliphatic rings. The van der Waals surface area contributed by atoms with Crippen LogP contribution in [0.2, 0.25) is 0 Å². The standard InChI is InChI=1S/C20H22N2O2/c1-4-22(15(3)17-12-10-16(14-21)11-13-17)20(23)18-8-6-7-9-19(18)24-5-2/h6-13,15H,4-5H2,1-3H3. The quantitative estimate of drug-likeness (QED) is 0.801. The Bertz CT molecular complexity index is 732. The summed E-state index contributed by atoms with van der Waals surface area (Å²) >= 11 is 0. The molecule has 2 aromatic rings. The molecule has 0 saturated heterocycles. The number of carbonyl (C=O) groups excluding carboxylic acids is 1. The van der Waals surface area contributed by atoms with Gasteiger partial charge in [0.2, 0.25) is 0 Å². The highest BCUT2D eigenvalue weighted by molar-refractivity contribution is 5.97. The topological polar surface area (TPSA) is 53.3 Å². The zero-order valence-corrected chi connectivity index (χ0v) is 14.3. The van der Waals surface area contributed by atoms with E-state index in [9.17, 15) is 4.79 Å². The molecule has 1 unspecified atom stereocenters. The van der Waals surface area contributed by atoms with Gasteiger partial charge in [-0.15, -0.1) is 0 Å². The maximum atomic E-state index is 13.0. The highest BCUT2D eigenvalue weighted by atomic mass is 16.5. The predicted molar refractivity (Wildman–Crippen MR) is 93.9 cm³/mol. The highest BCUT2D eigenvalue weighted by Crippen LogP contribution is 2.26. The summed E-state index contributed by atoms with van der Waals surface area (Å²) in [5, 5.41) is 8.91. The molecule has 2 rings (SSSR count). The van der Waals surface area contributed by atoms with Crippen LogP contribution < -0.4 is 4.74 Å². The van der Waals surface area contributed by atoms with Crippen LogP contribution in [0.5, 0.6) is 5.75 Å². The zero-order chi connectivity index (χ0) is 17.5. The van der Waals surface area contributed by atoms with Crippen molar-refractivity contribution in [1.82, 2.24) is 4.90 Å². The lowest BCUT2D eigenvalue weighted by atomic mass is 10.0. The van der Waals surface area contributed by atoms with Crippen molar-refractivity contribution in [2.45, 2.75) is 26.8 Å². The van der Waals surface area contributed by atoms with E-state index >= 15 is 0 Å². The number of para-hydroxylation sites is 1. The summed E-state index contributed by atoms with van der Waals surface area (Å²) in [5.41, 5.74) is 2.18. The summed E-state index contributed by atoms with van der Waals surface area (Å²) in [6, 6.07) is 16.7. The maximum absolute atomic E-state index is 13.0. The SMILES string of the molecule is CCOc1ccccc1C(=O)N(CC)C(C)c1ccc(C#N)cc1. The summed E-state index contributed by atoms with van der Waals surface area (Å²) < 4.78 is 5.58. The Morgan fingerprint density at radius 3 is 2.42 bits per heavy atom. The van der Waals surface area contributed by atoms with Gasteiger partial charge in [0.1, 0.15) is 5.75 Å². The number of rotatable bonds is 6. The van der Waals surface area contributed by atoms with Crippen LogP contribution in [0.15, 0.2) is 48.5 Å². The summed E-state index contributed by atoms with van der Waals surface area (Å²) in [6.45, 7) is 6.95. The van der Waals surface area contributed by atoms with Gasteiger partial charge in [0, 0.05) is 6.54 Å². The lowest BCUT2D eigenvalue weighted by molar-refractivity contribution is 0.0698. The molecule has 0 bridgehead atoms. The first-order chi connectivity index (χ1) is 11.6. The Kier molecular flexibility index (Phi) is 5.97. The minimum Gasteiger partial charge on any atom is -0.493 e. The van der Waals surface area contributed by atoms with Crippen molar-refractivity contribution in [3.8, 4) is 11.8 Å². The average Bonchev–Trinajstić information content (AvgIpc) is 2.63. The van der Waals surface area contributed by atoms with E-state index in [1.54, 1.807) is 23.1 Å². The molecule has 1 atom stereocenters. The molecule has 2 aromatic carbocycles. The van der Waals surface area contributed by atoms with Crippen LogP contribution in [-0.2, 0) is 0 Å². The lowest BCUT2D eigenvalue weighted by Gasteiger charge is -2.29. The normalized spacial score (nSPS) is 11.4. The first kappa shape index (κ1) is 17.6. The van der Waals surface area contributed by atoms with E-state index in [0.717, 1.165) is 5.56 Å². The molecule has 0 fully saturated rings. The molecule has 1 amide bonds. The number of nitrogens with zero attached hydrogens (tertiary/aromatic N) is 2. The van der Waals surface area contributed by atoms with Crippen molar-refractivity contribution in [3.05, 3.63) is 65.2 Å². The highest BCUT2D eigenvalue weighted by Gasteiger charge is 2.23. The lowest BCUT2D eigenvalue weighted by Crippen LogP contribution is -2.33. The van der Waals surface area contributed by atoms with Crippen molar-refractivity contribution in [3.63, 3.8) is 0 Å². The van der Waals surface area contributed by atoms with E-state index in [0.29, 0.717) is 30.0 Å². The molecule has 24 heavy (non-hydrogen) atoms. The number of benzene rings is 2. The molecule has 0 heterocycles. The molecule has 0 N–H and O–H groups in total. The zero-order valence-electron chi connectivity index (χ0n) is 14.3. The van der Waals surface area contributed by atoms with Crippen LogP contribution in [0, 0.1) is 11.3 Å². The number of hydrogen-bond donors (Lipinski definition) is 0. The molecule has 0 spiro atoms. The van der Waals surface area contributed by atoms with Gasteiger partial charge in [-0.2, -0.15) is 5.26 Å². The third kappa shape index (κ3) is 3.75. The van der Waals surface area contributed by atoms with Gasteiger partial charge in [0.05, 0.1) is 29.8 Å². The Morgan fingerprint density at radius 1 is 1.17 bits per heavy atom. The smallest absolute Gasteiger partial charge is 0.258 e. The average molecular weight is 322 g/mol. The van der Waals surface area contributed by atoms with Crippen LogP contribution >= 0.6 is 0 Å². The first-order valence-corrected chi connectivity index (χ1v) is 8.15. The van der Waals surface area contributed by atoms with E-state index in [1.807, 2.05) is 51.1 Å². The molecule has 0 aliphatic heterocycles. The Labute approximate surface area is 143 Å². The molecule has 0 aromatic heterocycles. The number of hydrogen-bond acceptors (Lipinski definition) is 3. The van der Waals surface area contributed by atoms with E-state index in [4.69, 9.17) is 10.00 Å². The van der Waals surface area contributed by atoms with Crippen molar-refractivity contribution in [2.24, 2.45) is 0 Å². The van der Waals surface area contributed by atoms with Gasteiger partial charge >= 0.3 is 0 Å². The van der Waals surface area contributed by atoms with Gasteiger partial charge in [0.15, 0.2) is 0 Å². The largest absolute Gasteiger partial charge is 0.493 e. The molecule has 0 saturated carbocycles. The third-order valence-electron chi connectivity index (χ3n) is 4.01. The summed E-state index contributed by atoms with van der Waals surface area (Å²) in [5.74, 6) is 0.550. The van der Waals surface area contributed by atoms with Gasteiger partial charge in [-0.25, -0.2) is 0 Å². The van der Waals surface area contributed by atoms with E-state index in [1.165, 1.54) is 0 Å². The monoisotopic (exact) mass is 322 g/mol. The van der Waals surface area contributed by atoms with Crippen molar-refractivity contribution in [2.75, 3.05) is 13.2 Å². The van der Waals surface area contributed by atoms with Crippen LogP contribution in [-0.4, -0.2) is 24.0 Å². The Morgan fingerprint density at radius 2 is 1.83 bits per heavy atom. The van der Waals surface area contributed by atoms with Crippen LogP contribution in [0.25, 0.3) is 0 Å². The molecule has 4 heteroatoms. The van der Waals surface area contributed by atoms with Gasteiger partial charge in [-0.3, -0.25) is 4.79 Å². The Hall–Kier alpha value is -2.80. The first-order valence-electron chi connectivity index (χ1n) is 8.15. The molecular weight excluding hydrogens is 300 g/mol. The fraction of sp³-hybridized carbons (Fsp3) is 0.300. The third-order valence-corrected chi connectivity index (χ3v) is 4.01. The second-order valence-corrected chi connectivity index (χ2v) is 5.43. The Balaban J connectivity index is 2.29. The van der Waals surface area contributed by atoms with E-state index in [-0.39, 0.29) is 11.9 Å². The predicted octanol–water partition coefficient (Wildman–Crippen LogP) is 4.18. The summed E-state index contributed by atoms with van der Waals surface area (Å²) in [6.07, 6.45) is 0. The molecule has 0 radical (unpaired) electrons. The molecule has 4 nitrogen and oxygen atoms in total. The number of amides is 1. The number of ether oxygens (including phenoxy) is 1. The summed E-state index contributed by atoms with van der Waals surface area (Å²) in [7, 11) is 0. The number of nitriles is 1. The van der Waals surface area contributed by atoms with Crippen LogP contribution in [0.1, 0.15) is 48.3 Å². The van der Waals surface area contributed by atoms with E-state index < -0.39 is 0 Å². The van der Waals surface area contributed by atoms with Gasteiger partial charge in [-0.1, -0.05) is 24.3 Å². The second kappa shape index (κ2) is 8.16. The van der Waals surface area contributed by atoms with Crippen molar-refractivity contribution in [1.29, 1.82) is 5.26 Å². The minimum absolute atomic E-state index is 0.0570. The molecule has 124 valence electrons. The van der Waals surface area contributed by atoms with E-state index in [2.05, 4.69) is 6.07 Å². The van der Waals surface area contributed by atoms with Gasteiger partial charge in [-0.05, 0) is 50.6 Å². The maximum Gasteiger partial charge on any atom is 0.258 e. The van der Waals surface area contributed by atoms with Crippen molar-refractivity contribution < 1.29 is 9.53 Å². The fourth-order valence-electron chi connectivity index (χ4n) is 2.69. The van der Waals surface area contributed by atoms with Crippen molar-refractivity contribution >= 4 is 5.91 Å². The fourth-order valence-corrected chi connectivity index (χ4v) is 2.69.